The molecule has 1 aromatic rings. The van der Waals surface area contributed by atoms with E-state index >= 15 is 0 Å². The first-order valence-corrected chi connectivity index (χ1v) is 7.63. The minimum absolute atomic E-state index is 0.529. The van der Waals surface area contributed by atoms with Crippen LogP contribution in [0, 0.1) is 11.3 Å². The van der Waals surface area contributed by atoms with Crippen molar-refractivity contribution in [1.29, 1.82) is 0 Å². The van der Waals surface area contributed by atoms with Gasteiger partial charge in [-0.2, -0.15) is 0 Å². The van der Waals surface area contributed by atoms with Gasteiger partial charge in [-0.25, -0.2) is 0 Å². The van der Waals surface area contributed by atoms with Crippen molar-refractivity contribution in [3.63, 3.8) is 0 Å². The Morgan fingerprint density at radius 2 is 2.00 bits per heavy atom. The van der Waals surface area contributed by atoms with Gasteiger partial charge in [0.2, 0.25) is 0 Å². The fourth-order valence-electron chi connectivity index (χ4n) is 3.11. The van der Waals surface area contributed by atoms with Gasteiger partial charge in [0.1, 0.15) is 0 Å². The maximum atomic E-state index is 3.75. The Labute approximate surface area is 110 Å². The second-order valence-electron chi connectivity index (χ2n) is 6.26. The van der Waals surface area contributed by atoms with Crippen LogP contribution in [0.2, 0.25) is 0 Å². The number of nitrogens with one attached hydrogen (secondary N) is 1. The van der Waals surface area contributed by atoms with Crippen LogP contribution in [0.5, 0.6) is 0 Å². The lowest BCUT2D eigenvalue weighted by atomic mass is 9.91. The van der Waals surface area contributed by atoms with Crippen LogP contribution in [-0.2, 0) is 13.0 Å². The summed E-state index contributed by atoms with van der Waals surface area (Å²) in [6, 6.07) is 5.25. The van der Waals surface area contributed by atoms with Crippen molar-refractivity contribution in [3.8, 4) is 0 Å². The van der Waals surface area contributed by atoms with Crippen molar-refractivity contribution >= 4 is 11.3 Å². The van der Waals surface area contributed by atoms with Crippen LogP contribution in [-0.4, -0.2) is 6.04 Å². The quantitative estimate of drug-likeness (QED) is 0.844. The van der Waals surface area contributed by atoms with E-state index in [1.165, 1.54) is 22.6 Å². The lowest BCUT2D eigenvalue weighted by Gasteiger charge is -2.18. The summed E-state index contributed by atoms with van der Waals surface area (Å²) in [5.74, 6) is 0.815. The molecular weight excluding hydrogens is 226 g/mol. The Balaban J connectivity index is 1.86. The van der Waals surface area contributed by atoms with E-state index in [2.05, 4.69) is 45.1 Å². The molecule has 0 aliphatic heterocycles. The summed E-state index contributed by atoms with van der Waals surface area (Å²) < 4.78 is 0. The third-order valence-corrected chi connectivity index (χ3v) is 5.17. The van der Waals surface area contributed by atoms with Gasteiger partial charge < -0.3 is 5.32 Å². The molecule has 96 valence electrons. The second-order valence-corrected chi connectivity index (χ2v) is 7.51. The molecule has 1 N–H and O–H groups in total. The van der Waals surface area contributed by atoms with Gasteiger partial charge in [-0.15, -0.1) is 11.3 Å². The first-order chi connectivity index (χ1) is 8.00. The van der Waals surface area contributed by atoms with Crippen LogP contribution in [0.3, 0.4) is 0 Å². The van der Waals surface area contributed by atoms with E-state index in [-0.39, 0.29) is 0 Å². The minimum atomic E-state index is 0.529. The maximum Gasteiger partial charge on any atom is 0.0302 e. The van der Waals surface area contributed by atoms with Crippen LogP contribution in [0.25, 0.3) is 0 Å². The molecule has 0 amide bonds. The summed E-state index contributed by atoms with van der Waals surface area (Å²) >= 11 is 1.95. The van der Waals surface area contributed by atoms with Crippen molar-refractivity contribution in [2.45, 2.75) is 59.5 Å². The first kappa shape index (κ1) is 13.1. The van der Waals surface area contributed by atoms with Gasteiger partial charge in [0.05, 0.1) is 0 Å². The molecule has 1 heterocycles. The van der Waals surface area contributed by atoms with Gasteiger partial charge >= 0.3 is 0 Å². The van der Waals surface area contributed by atoms with Crippen LogP contribution in [0.15, 0.2) is 12.1 Å². The highest BCUT2D eigenvalue weighted by Gasteiger charge is 2.36. The summed E-state index contributed by atoms with van der Waals surface area (Å²) in [5.41, 5.74) is 0.529. The average molecular weight is 251 g/mol. The zero-order valence-electron chi connectivity index (χ0n) is 11.5. The third-order valence-electron chi connectivity index (χ3n) is 3.94. The van der Waals surface area contributed by atoms with E-state index in [9.17, 15) is 0 Å². The van der Waals surface area contributed by atoms with E-state index in [0.29, 0.717) is 11.5 Å². The number of aryl methyl sites for hydroxylation is 1. The lowest BCUT2D eigenvalue weighted by Crippen LogP contribution is -2.30. The molecule has 2 unspecified atom stereocenters. The van der Waals surface area contributed by atoms with Crippen molar-refractivity contribution in [3.05, 3.63) is 21.9 Å². The Hall–Kier alpha value is -0.340. The summed E-state index contributed by atoms with van der Waals surface area (Å²) in [4.78, 5) is 2.99. The molecule has 2 rings (SSSR count). The third kappa shape index (κ3) is 3.32. The molecular formula is C15H25NS. The average Bonchev–Trinajstić information content (AvgIpc) is 2.79. The van der Waals surface area contributed by atoms with Crippen LogP contribution in [0.1, 0.15) is 50.3 Å². The highest BCUT2D eigenvalue weighted by molar-refractivity contribution is 7.11. The number of hydrogen-bond acceptors (Lipinski definition) is 2. The molecule has 17 heavy (non-hydrogen) atoms. The molecule has 0 aromatic carbocycles. The molecule has 1 fully saturated rings. The molecule has 1 aliphatic rings. The molecule has 0 bridgehead atoms. The van der Waals surface area contributed by atoms with E-state index in [1.54, 1.807) is 0 Å². The van der Waals surface area contributed by atoms with E-state index in [1.807, 2.05) is 11.3 Å². The van der Waals surface area contributed by atoms with Crippen LogP contribution in [0.4, 0.5) is 0 Å². The Morgan fingerprint density at radius 3 is 2.53 bits per heavy atom. The molecule has 0 saturated heterocycles. The number of thiophene rings is 1. The predicted octanol–water partition coefficient (Wildman–Crippen LogP) is 4.22. The molecule has 1 aliphatic carbocycles. The monoisotopic (exact) mass is 251 g/mol. The fourth-order valence-corrected chi connectivity index (χ4v) is 4.01. The van der Waals surface area contributed by atoms with Crippen LogP contribution < -0.4 is 5.32 Å². The summed E-state index contributed by atoms with van der Waals surface area (Å²) in [6.45, 7) is 10.5. The van der Waals surface area contributed by atoms with Gasteiger partial charge in [0.15, 0.2) is 0 Å². The fraction of sp³-hybridized carbons (Fsp3) is 0.733. The topological polar surface area (TPSA) is 12.0 Å². The molecule has 0 spiro atoms. The van der Waals surface area contributed by atoms with Crippen molar-refractivity contribution in [2.24, 2.45) is 11.3 Å². The largest absolute Gasteiger partial charge is 0.309 e. The second kappa shape index (κ2) is 5.11. The van der Waals surface area contributed by atoms with E-state index in [4.69, 9.17) is 0 Å². The van der Waals surface area contributed by atoms with E-state index < -0.39 is 0 Å². The Kier molecular flexibility index (Phi) is 3.94. The highest BCUT2D eigenvalue weighted by Crippen LogP contribution is 2.40. The maximum absolute atomic E-state index is 3.75. The summed E-state index contributed by atoms with van der Waals surface area (Å²) in [6.07, 6.45) is 3.84. The van der Waals surface area contributed by atoms with Crippen molar-refractivity contribution in [2.75, 3.05) is 0 Å². The summed E-state index contributed by atoms with van der Waals surface area (Å²) in [7, 11) is 0. The molecule has 2 heteroatoms. The van der Waals surface area contributed by atoms with Crippen molar-refractivity contribution in [1.82, 2.24) is 5.32 Å². The Bertz CT molecular complexity index is 367. The first-order valence-electron chi connectivity index (χ1n) is 6.81. The van der Waals surface area contributed by atoms with Crippen LogP contribution >= 0.6 is 11.3 Å². The molecule has 1 aromatic heterocycles. The predicted molar refractivity (Wildman–Crippen MR) is 76.5 cm³/mol. The smallest absolute Gasteiger partial charge is 0.0302 e. The zero-order chi connectivity index (χ0) is 12.5. The van der Waals surface area contributed by atoms with Gasteiger partial charge in [-0.1, -0.05) is 27.7 Å². The number of rotatable bonds is 4. The van der Waals surface area contributed by atoms with Gasteiger partial charge in [0.25, 0.3) is 0 Å². The minimum Gasteiger partial charge on any atom is -0.309 e. The highest BCUT2D eigenvalue weighted by atomic mass is 32.1. The normalized spacial score (nSPS) is 27.5. The molecule has 1 nitrogen and oxygen atoms in total. The Morgan fingerprint density at radius 1 is 1.29 bits per heavy atom. The zero-order valence-corrected chi connectivity index (χ0v) is 12.4. The molecule has 2 atom stereocenters. The molecule has 0 radical (unpaired) electrons. The van der Waals surface area contributed by atoms with Gasteiger partial charge in [-0.3, -0.25) is 0 Å². The van der Waals surface area contributed by atoms with Gasteiger partial charge in [-0.05, 0) is 42.7 Å². The lowest BCUT2D eigenvalue weighted by molar-refractivity contribution is 0.362. The SMILES string of the molecule is CCc1ccc(CNC2CC(C)(C)CC2C)s1. The number of hydrogen-bond donors (Lipinski definition) is 1. The molecule has 1 saturated carbocycles. The van der Waals surface area contributed by atoms with Crippen molar-refractivity contribution < 1.29 is 0 Å². The standard InChI is InChI=1S/C15H25NS/c1-5-12-6-7-13(17-12)10-16-14-9-15(3,4)8-11(14)2/h6-7,11,14,16H,5,8-10H2,1-4H3. The van der Waals surface area contributed by atoms with E-state index in [0.717, 1.165) is 18.9 Å². The summed E-state index contributed by atoms with van der Waals surface area (Å²) in [5, 5.41) is 3.75. The van der Waals surface area contributed by atoms with Gasteiger partial charge in [0, 0.05) is 22.3 Å².